The van der Waals surface area contributed by atoms with Crippen molar-refractivity contribution >= 4 is 46.3 Å². The summed E-state index contributed by atoms with van der Waals surface area (Å²) < 4.78 is 5.56. The highest BCUT2D eigenvalue weighted by Crippen LogP contribution is 2.34. The summed E-state index contributed by atoms with van der Waals surface area (Å²) in [7, 11) is 0. The third-order valence-electron chi connectivity index (χ3n) is 3.52. The molecule has 6 nitrogen and oxygen atoms in total. The molecular formula is C15H16ClN3O3S2. The van der Waals surface area contributed by atoms with Gasteiger partial charge in [0.05, 0.1) is 21.5 Å². The molecule has 0 atom stereocenters. The van der Waals surface area contributed by atoms with E-state index in [-0.39, 0.29) is 12.0 Å². The van der Waals surface area contributed by atoms with E-state index in [1.807, 2.05) is 19.1 Å². The monoisotopic (exact) mass is 385 g/mol. The average Bonchev–Trinajstić information content (AvgIpc) is 3.24. The molecule has 1 aliphatic heterocycles. The third kappa shape index (κ3) is 3.88. The molecule has 0 unspecified atom stereocenters. The first kappa shape index (κ1) is 17.2. The molecule has 0 aromatic carbocycles. The van der Waals surface area contributed by atoms with Crippen LogP contribution in [0.15, 0.2) is 12.1 Å². The van der Waals surface area contributed by atoms with Crippen molar-refractivity contribution in [1.82, 2.24) is 15.2 Å². The minimum absolute atomic E-state index is 0.136. The molecule has 0 saturated carbocycles. The number of thiazole rings is 1. The van der Waals surface area contributed by atoms with Crippen LogP contribution in [0.4, 0.5) is 4.79 Å². The average molecular weight is 386 g/mol. The first-order valence-electron chi connectivity index (χ1n) is 7.47. The number of ether oxygens (including phenoxy) is 1. The van der Waals surface area contributed by atoms with Gasteiger partial charge in [0.2, 0.25) is 0 Å². The number of rotatable bonds is 6. The molecule has 1 N–H and O–H groups in total. The van der Waals surface area contributed by atoms with Crippen molar-refractivity contribution in [2.45, 2.75) is 13.3 Å². The topological polar surface area (TPSA) is 71.5 Å². The standard InChI is InChI=1S/C15H16ClN3O3S2/c1-9-12(24-14(18-9)10-3-4-11(16)23-10)13(20)17-5-2-6-19-7-8-22-15(19)21/h3-4H,2,5-8H2,1H3,(H,17,20). The maximum atomic E-state index is 12.3. The van der Waals surface area contributed by atoms with E-state index in [4.69, 9.17) is 16.3 Å². The Hall–Kier alpha value is -1.64. The molecule has 2 aromatic rings. The zero-order chi connectivity index (χ0) is 17.1. The summed E-state index contributed by atoms with van der Waals surface area (Å²) in [6.45, 7) is 3.97. The van der Waals surface area contributed by atoms with Crippen LogP contribution in [-0.4, -0.2) is 48.1 Å². The summed E-state index contributed by atoms with van der Waals surface area (Å²) in [6, 6.07) is 3.73. The van der Waals surface area contributed by atoms with E-state index in [9.17, 15) is 9.59 Å². The van der Waals surface area contributed by atoms with Gasteiger partial charge in [-0.15, -0.1) is 22.7 Å². The molecule has 9 heteroatoms. The Balaban J connectivity index is 1.53. The Morgan fingerprint density at radius 3 is 2.96 bits per heavy atom. The largest absolute Gasteiger partial charge is 0.448 e. The lowest BCUT2D eigenvalue weighted by Crippen LogP contribution is -2.30. The fourth-order valence-corrected chi connectivity index (χ4v) is 4.40. The van der Waals surface area contributed by atoms with Gasteiger partial charge in [0.15, 0.2) is 0 Å². The van der Waals surface area contributed by atoms with E-state index in [0.717, 1.165) is 9.88 Å². The van der Waals surface area contributed by atoms with Gasteiger partial charge >= 0.3 is 6.09 Å². The zero-order valence-corrected chi connectivity index (χ0v) is 15.4. The predicted octanol–water partition coefficient (Wildman–Crippen LogP) is 3.41. The third-order valence-corrected chi connectivity index (χ3v) is 6.08. The van der Waals surface area contributed by atoms with Crippen LogP contribution in [0.5, 0.6) is 0 Å². The van der Waals surface area contributed by atoms with Crippen molar-refractivity contribution in [3.8, 4) is 9.88 Å². The molecule has 24 heavy (non-hydrogen) atoms. The second-order valence-corrected chi connectivity index (χ2v) is 7.96. The minimum atomic E-state index is -0.279. The molecule has 2 aromatic heterocycles. The summed E-state index contributed by atoms with van der Waals surface area (Å²) >= 11 is 8.75. The number of carbonyl (C=O) groups excluding carboxylic acids is 2. The summed E-state index contributed by atoms with van der Waals surface area (Å²) in [4.78, 5) is 31.3. The minimum Gasteiger partial charge on any atom is -0.448 e. The Kier molecular flexibility index (Phi) is 5.37. The lowest BCUT2D eigenvalue weighted by atomic mass is 10.3. The first-order valence-corrected chi connectivity index (χ1v) is 9.48. The quantitative estimate of drug-likeness (QED) is 0.773. The summed E-state index contributed by atoms with van der Waals surface area (Å²) in [6.07, 6.45) is 0.408. The fourth-order valence-electron chi connectivity index (χ4n) is 2.32. The lowest BCUT2D eigenvalue weighted by molar-refractivity contribution is 0.0955. The zero-order valence-electron chi connectivity index (χ0n) is 13.0. The molecule has 0 radical (unpaired) electrons. The van der Waals surface area contributed by atoms with Gasteiger partial charge in [0.25, 0.3) is 5.91 Å². The van der Waals surface area contributed by atoms with Crippen molar-refractivity contribution < 1.29 is 14.3 Å². The van der Waals surface area contributed by atoms with Crippen LogP contribution in [0.2, 0.25) is 4.34 Å². The molecule has 1 aliphatic rings. The first-order chi connectivity index (χ1) is 11.5. The van der Waals surface area contributed by atoms with Gasteiger partial charge in [-0.25, -0.2) is 9.78 Å². The van der Waals surface area contributed by atoms with Gasteiger partial charge < -0.3 is 15.0 Å². The molecule has 0 aliphatic carbocycles. The van der Waals surface area contributed by atoms with E-state index in [0.29, 0.717) is 47.6 Å². The number of hydrogen-bond acceptors (Lipinski definition) is 6. The van der Waals surface area contributed by atoms with Gasteiger partial charge in [0, 0.05) is 13.1 Å². The molecule has 2 amide bonds. The number of hydrogen-bond donors (Lipinski definition) is 1. The van der Waals surface area contributed by atoms with E-state index in [2.05, 4.69) is 10.3 Å². The Bertz CT molecular complexity index is 759. The van der Waals surface area contributed by atoms with Crippen LogP contribution in [0.1, 0.15) is 21.8 Å². The Labute approximate surface area is 152 Å². The number of amides is 2. The maximum Gasteiger partial charge on any atom is 0.409 e. The maximum absolute atomic E-state index is 12.3. The highest BCUT2D eigenvalue weighted by Gasteiger charge is 2.21. The van der Waals surface area contributed by atoms with E-state index in [1.54, 1.807) is 4.90 Å². The van der Waals surface area contributed by atoms with Crippen molar-refractivity contribution in [2.75, 3.05) is 26.2 Å². The van der Waals surface area contributed by atoms with E-state index >= 15 is 0 Å². The Morgan fingerprint density at radius 1 is 1.46 bits per heavy atom. The molecule has 0 spiro atoms. The van der Waals surface area contributed by atoms with Gasteiger partial charge in [-0.2, -0.15) is 0 Å². The normalized spacial score (nSPS) is 14.1. The smallest absolute Gasteiger partial charge is 0.409 e. The van der Waals surface area contributed by atoms with Gasteiger partial charge in [-0.05, 0) is 25.5 Å². The van der Waals surface area contributed by atoms with Crippen molar-refractivity contribution in [3.63, 3.8) is 0 Å². The molecular weight excluding hydrogens is 370 g/mol. The number of halogens is 1. The van der Waals surface area contributed by atoms with Crippen LogP contribution in [0.3, 0.4) is 0 Å². The second-order valence-electron chi connectivity index (χ2n) is 5.25. The van der Waals surface area contributed by atoms with Crippen LogP contribution in [0, 0.1) is 6.92 Å². The van der Waals surface area contributed by atoms with Gasteiger partial charge in [-0.3, -0.25) is 4.79 Å². The molecule has 3 rings (SSSR count). The highest BCUT2D eigenvalue weighted by atomic mass is 35.5. The highest BCUT2D eigenvalue weighted by molar-refractivity contribution is 7.24. The molecule has 1 saturated heterocycles. The van der Waals surface area contributed by atoms with Gasteiger partial charge in [0.1, 0.15) is 16.5 Å². The number of nitrogens with zero attached hydrogens (tertiary/aromatic N) is 2. The molecule has 128 valence electrons. The number of aryl methyl sites for hydroxylation is 1. The number of cyclic esters (lactones) is 1. The van der Waals surface area contributed by atoms with Crippen LogP contribution in [-0.2, 0) is 4.74 Å². The fraction of sp³-hybridized carbons (Fsp3) is 0.400. The summed E-state index contributed by atoms with van der Waals surface area (Å²) in [5, 5.41) is 3.68. The Morgan fingerprint density at radius 2 is 2.29 bits per heavy atom. The van der Waals surface area contributed by atoms with Crippen LogP contribution < -0.4 is 5.32 Å². The van der Waals surface area contributed by atoms with Crippen molar-refractivity contribution in [3.05, 3.63) is 27.0 Å². The number of thiophene rings is 1. The van der Waals surface area contributed by atoms with Gasteiger partial charge in [-0.1, -0.05) is 11.6 Å². The lowest BCUT2D eigenvalue weighted by Gasteiger charge is -2.12. The molecule has 0 bridgehead atoms. The van der Waals surface area contributed by atoms with Crippen LogP contribution >= 0.6 is 34.3 Å². The van der Waals surface area contributed by atoms with Crippen molar-refractivity contribution in [2.24, 2.45) is 0 Å². The number of carbonyl (C=O) groups is 2. The summed E-state index contributed by atoms with van der Waals surface area (Å²) in [5.41, 5.74) is 0.708. The molecule has 1 fully saturated rings. The van der Waals surface area contributed by atoms with Crippen molar-refractivity contribution in [1.29, 1.82) is 0 Å². The summed E-state index contributed by atoms with van der Waals surface area (Å²) in [5.74, 6) is -0.136. The van der Waals surface area contributed by atoms with E-state index in [1.165, 1.54) is 22.7 Å². The number of aromatic nitrogens is 1. The second kappa shape index (κ2) is 7.50. The molecule has 3 heterocycles. The van der Waals surface area contributed by atoms with Crippen LogP contribution in [0.25, 0.3) is 9.88 Å². The SMILES string of the molecule is Cc1nc(-c2ccc(Cl)s2)sc1C(=O)NCCCN1CCOC1=O. The van der Waals surface area contributed by atoms with E-state index < -0.39 is 0 Å². The number of nitrogens with one attached hydrogen (secondary N) is 1. The predicted molar refractivity (Wildman–Crippen MR) is 95.0 cm³/mol.